The van der Waals surface area contributed by atoms with Crippen LogP contribution in [0.5, 0.6) is 0 Å². The molecule has 1 aliphatic rings. The van der Waals surface area contributed by atoms with E-state index in [2.05, 4.69) is 15.7 Å². The summed E-state index contributed by atoms with van der Waals surface area (Å²) in [5.41, 5.74) is 2.93. The SMILES string of the molecule is CNC(C(=O)NCc1ccccc1CN1CCCC1=O)c1cnn(C)c1.Cl. The Bertz CT molecular complexity index is 792. The Morgan fingerprint density at radius 1 is 1.30 bits per heavy atom. The molecule has 0 radical (unpaired) electrons. The number of nitrogens with zero attached hydrogens (tertiary/aromatic N) is 3. The molecule has 1 aromatic carbocycles. The van der Waals surface area contributed by atoms with E-state index in [1.54, 1.807) is 17.9 Å². The zero-order valence-electron chi connectivity index (χ0n) is 15.6. The van der Waals surface area contributed by atoms with Crippen LogP contribution in [0.1, 0.15) is 35.6 Å². The third kappa shape index (κ3) is 5.08. The Kier molecular flexibility index (Phi) is 7.38. The molecule has 1 aromatic heterocycles. The predicted octanol–water partition coefficient (Wildman–Crippen LogP) is 1.54. The Morgan fingerprint density at radius 2 is 2.04 bits per heavy atom. The smallest absolute Gasteiger partial charge is 0.242 e. The lowest BCUT2D eigenvalue weighted by atomic mass is 10.1. The van der Waals surface area contributed by atoms with Crippen LogP contribution in [0.4, 0.5) is 0 Å². The van der Waals surface area contributed by atoms with Gasteiger partial charge in [0.2, 0.25) is 11.8 Å². The number of aromatic nitrogens is 2. The van der Waals surface area contributed by atoms with E-state index in [1.165, 1.54) is 0 Å². The molecule has 0 spiro atoms. The average molecular weight is 392 g/mol. The van der Waals surface area contributed by atoms with E-state index in [4.69, 9.17) is 0 Å². The number of hydrogen-bond acceptors (Lipinski definition) is 4. The van der Waals surface area contributed by atoms with Crippen LogP contribution in [0.15, 0.2) is 36.7 Å². The summed E-state index contributed by atoms with van der Waals surface area (Å²) in [7, 11) is 3.58. The molecule has 3 rings (SSSR count). The van der Waals surface area contributed by atoms with Gasteiger partial charge < -0.3 is 15.5 Å². The average Bonchev–Trinajstić information content (AvgIpc) is 3.23. The van der Waals surface area contributed by atoms with Crippen LogP contribution in [0.25, 0.3) is 0 Å². The highest BCUT2D eigenvalue weighted by Crippen LogP contribution is 2.18. The topological polar surface area (TPSA) is 79.3 Å². The standard InChI is InChI=1S/C19H25N5O2.ClH/c1-20-18(16-11-22-23(2)12-16)19(26)21-10-14-6-3-4-7-15(14)13-24-9-5-8-17(24)25;/h3-4,6-7,11-12,18,20H,5,8-10,13H2,1-2H3,(H,21,26);1H. The van der Waals surface area contributed by atoms with E-state index in [1.807, 2.05) is 42.4 Å². The van der Waals surface area contributed by atoms with Gasteiger partial charge in [-0.25, -0.2) is 0 Å². The molecule has 0 bridgehead atoms. The number of carbonyl (C=O) groups excluding carboxylic acids is 2. The highest BCUT2D eigenvalue weighted by Gasteiger charge is 2.22. The Balaban J connectivity index is 0.00000261. The van der Waals surface area contributed by atoms with Crippen molar-refractivity contribution in [1.29, 1.82) is 0 Å². The maximum atomic E-state index is 12.6. The minimum atomic E-state index is -0.448. The Labute approximate surface area is 165 Å². The molecule has 0 saturated carbocycles. The lowest BCUT2D eigenvalue weighted by Gasteiger charge is -2.19. The van der Waals surface area contributed by atoms with Crippen LogP contribution in [0.3, 0.4) is 0 Å². The first-order valence-electron chi connectivity index (χ1n) is 8.86. The summed E-state index contributed by atoms with van der Waals surface area (Å²) < 4.78 is 1.68. The van der Waals surface area contributed by atoms with Gasteiger partial charge in [0.25, 0.3) is 0 Å². The molecule has 1 aliphatic heterocycles. The van der Waals surface area contributed by atoms with Crippen molar-refractivity contribution in [2.24, 2.45) is 7.05 Å². The van der Waals surface area contributed by atoms with Crippen LogP contribution in [-0.2, 0) is 29.7 Å². The van der Waals surface area contributed by atoms with Gasteiger partial charge in [0, 0.05) is 44.9 Å². The van der Waals surface area contributed by atoms with E-state index in [9.17, 15) is 9.59 Å². The molecule has 1 saturated heterocycles. The van der Waals surface area contributed by atoms with Gasteiger partial charge in [-0.2, -0.15) is 5.10 Å². The third-order valence-corrected chi connectivity index (χ3v) is 4.71. The van der Waals surface area contributed by atoms with Crippen molar-refractivity contribution in [3.8, 4) is 0 Å². The molecule has 27 heavy (non-hydrogen) atoms. The van der Waals surface area contributed by atoms with Crippen molar-refractivity contribution in [1.82, 2.24) is 25.3 Å². The van der Waals surface area contributed by atoms with Gasteiger partial charge >= 0.3 is 0 Å². The third-order valence-electron chi connectivity index (χ3n) is 4.71. The number of rotatable bonds is 7. The summed E-state index contributed by atoms with van der Waals surface area (Å²) in [4.78, 5) is 26.4. The van der Waals surface area contributed by atoms with Gasteiger partial charge in [-0.3, -0.25) is 14.3 Å². The quantitative estimate of drug-likeness (QED) is 0.750. The molecule has 8 heteroatoms. The highest BCUT2D eigenvalue weighted by molar-refractivity contribution is 5.85. The number of nitrogens with one attached hydrogen (secondary N) is 2. The minimum Gasteiger partial charge on any atom is -0.350 e. The van der Waals surface area contributed by atoms with Crippen molar-refractivity contribution >= 4 is 24.2 Å². The van der Waals surface area contributed by atoms with Crippen LogP contribution in [0, 0.1) is 0 Å². The van der Waals surface area contributed by atoms with Crippen molar-refractivity contribution in [3.63, 3.8) is 0 Å². The number of amides is 2. The lowest BCUT2D eigenvalue weighted by molar-refractivity contribution is -0.128. The van der Waals surface area contributed by atoms with Gasteiger partial charge in [-0.1, -0.05) is 24.3 Å². The highest BCUT2D eigenvalue weighted by atomic mass is 35.5. The van der Waals surface area contributed by atoms with Gasteiger partial charge in [0.1, 0.15) is 6.04 Å². The van der Waals surface area contributed by atoms with Crippen LogP contribution < -0.4 is 10.6 Å². The van der Waals surface area contributed by atoms with Crippen molar-refractivity contribution in [3.05, 3.63) is 53.3 Å². The molecule has 2 aromatic rings. The van der Waals surface area contributed by atoms with E-state index >= 15 is 0 Å². The molecule has 2 N–H and O–H groups in total. The molecular formula is C19H26ClN5O2. The number of likely N-dealkylation sites (N-methyl/N-ethyl adjacent to an activating group) is 1. The van der Waals surface area contributed by atoms with Gasteiger partial charge in [-0.15, -0.1) is 12.4 Å². The summed E-state index contributed by atoms with van der Waals surface area (Å²) in [6.07, 6.45) is 5.07. The first-order valence-corrected chi connectivity index (χ1v) is 8.86. The van der Waals surface area contributed by atoms with Crippen LogP contribution >= 0.6 is 12.4 Å². The number of halogens is 1. The number of likely N-dealkylation sites (tertiary alicyclic amines) is 1. The summed E-state index contributed by atoms with van der Waals surface area (Å²) >= 11 is 0. The first kappa shape index (κ1) is 20.9. The van der Waals surface area contributed by atoms with Gasteiger partial charge in [-0.05, 0) is 24.6 Å². The van der Waals surface area contributed by atoms with E-state index in [0.29, 0.717) is 19.5 Å². The molecule has 1 unspecified atom stereocenters. The lowest BCUT2D eigenvalue weighted by Crippen LogP contribution is -2.35. The second-order valence-electron chi connectivity index (χ2n) is 6.57. The monoisotopic (exact) mass is 391 g/mol. The minimum absolute atomic E-state index is 0. The number of carbonyl (C=O) groups is 2. The molecule has 2 heterocycles. The van der Waals surface area contributed by atoms with Crippen LogP contribution in [-0.4, -0.2) is 40.1 Å². The Hall–Kier alpha value is -2.38. The molecule has 146 valence electrons. The zero-order chi connectivity index (χ0) is 18.5. The molecule has 2 amide bonds. The zero-order valence-corrected chi connectivity index (χ0v) is 16.5. The summed E-state index contributed by atoms with van der Waals surface area (Å²) in [5, 5.41) is 10.1. The fraction of sp³-hybridized carbons (Fsp3) is 0.421. The van der Waals surface area contributed by atoms with E-state index in [-0.39, 0.29) is 24.2 Å². The van der Waals surface area contributed by atoms with E-state index in [0.717, 1.165) is 29.7 Å². The first-order chi connectivity index (χ1) is 12.6. The fourth-order valence-electron chi connectivity index (χ4n) is 3.28. The fourth-order valence-corrected chi connectivity index (χ4v) is 3.28. The Morgan fingerprint density at radius 3 is 2.63 bits per heavy atom. The maximum absolute atomic E-state index is 12.6. The van der Waals surface area contributed by atoms with E-state index < -0.39 is 6.04 Å². The number of aryl methyl sites for hydroxylation is 1. The molecule has 1 atom stereocenters. The van der Waals surface area contributed by atoms with Crippen molar-refractivity contribution < 1.29 is 9.59 Å². The maximum Gasteiger partial charge on any atom is 0.242 e. The molecule has 0 aliphatic carbocycles. The number of benzene rings is 1. The summed E-state index contributed by atoms with van der Waals surface area (Å²) in [6, 6.07) is 7.48. The van der Waals surface area contributed by atoms with Crippen molar-refractivity contribution in [2.75, 3.05) is 13.6 Å². The van der Waals surface area contributed by atoms with Crippen molar-refractivity contribution in [2.45, 2.75) is 32.0 Å². The molecule has 7 nitrogen and oxygen atoms in total. The predicted molar refractivity (Wildman–Crippen MR) is 105 cm³/mol. The normalized spacial score (nSPS) is 14.7. The van der Waals surface area contributed by atoms with Gasteiger partial charge in [0.05, 0.1) is 6.20 Å². The summed E-state index contributed by atoms with van der Waals surface area (Å²) in [5.74, 6) is 0.100. The largest absolute Gasteiger partial charge is 0.350 e. The summed E-state index contributed by atoms with van der Waals surface area (Å²) in [6.45, 7) is 1.83. The molecule has 1 fully saturated rings. The van der Waals surface area contributed by atoms with Crippen LogP contribution in [0.2, 0.25) is 0 Å². The second kappa shape index (κ2) is 9.53. The molecular weight excluding hydrogens is 366 g/mol. The number of hydrogen-bond donors (Lipinski definition) is 2. The van der Waals surface area contributed by atoms with Gasteiger partial charge in [0.15, 0.2) is 0 Å². The second-order valence-corrected chi connectivity index (χ2v) is 6.57.